The Bertz CT molecular complexity index is 1120. The standard InChI is InChI=1S/C19H16F2N6/c20-16-3-1-11(6-17(16)21)15-7-19(15)22-9-13-10-27(26-24-13)14-2-4-18-12(5-14)8-23-25-18/h1-6,8,10,15,19,22H,7,9H2,(H,23,25)/t15-,19+/m0/s1. The maximum absolute atomic E-state index is 13.4. The number of fused-ring (bicyclic) bond motifs is 1. The number of aromatic nitrogens is 5. The molecule has 2 aromatic carbocycles. The van der Waals surface area contributed by atoms with Crippen LogP contribution in [0, 0.1) is 11.6 Å². The van der Waals surface area contributed by atoms with Gasteiger partial charge in [-0.1, -0.05) is 11.3 Å². The van der Waals surface area contributed by atoms with Gasteiger partial charge in [0.1, 0.15) is 0 Å². The Labute approximate surface area is 153 Å². The summed E-state index contributed by atoms with van der Waals surface area (Å²) in [4.78, 5) is 0. The molecule has 1 fully saturated rings. The molecule has 0 spiro atoms. The highest BCUT2D eigenvalue weighted by molar-refractivity contribution is 5.80. The molecule has 4 aromatic rings. The summed E-state index contributed by atoms with van der Waals surface area (Å²) in [6.45, 7) is 0.568. The largest absolute Gasteiger partial charge is 0.308 e. The Morgan fingerprint density at radius 2 is 2.07 bits per heavy atom. The maximum atomic E-state index is 13.4. The SMILES string of the molecule is Fc1ccc([C@@H]2C[C@H]2NCc2cn(-c3ccc4[nH]ncc4c3)nn2)cc1F. The smallest absolute Gasteiger partial charge is 0.159 e. The Balaban J connectivity index is 1.23. The molecule has 0 amide bonds. The van der Waals surface area contributed by atoms with Crippen molar-refractivity contribution in [3.63, 3.8) is 0 Å². The van der Waals surface area contributed by atoms with Gasteiger partial charge >= 0.3 is 0 Å². The lowest BCUT2D eigenvalue weighted by molar-refractivity contribution is 0.506. The Hall–Kier alpha value is -3.13. The van der Waals surface area contributed by atoms with Crippen molar-refractivity contribution in [2.24, 2.45) is 0 Å². The lowest BCUT2D eigenvalue weighted by atomic mass is 10.1. The zero-order valence-corrected chi connectivity index (χ0v) is 14.2. The third kappa shape index (κ3) is 3.08. The maximum Gasteiger partial charge on any atom is 0.159 e. The second kappa shape index (κ2) is 6.24. The molecule has 27 heavy (non-hydrogen) atoms. The minimum atomic E-state index is -0.811. The van der Waals surface area contributed by atoms with Crippen LogP contribution in [0.3, 0.4) is 0 Å². The summed E-state index contributed by atoms with van der Waals surface area (Å²) >= 11 is 0. The number of aromatic amines is 1. The highest BCUT2D eigenvalue weighted by Crippen LogP contribution is 2.41. The molecular formula is C19H16F2N6. The van der Waals surface area contributed by atoms with Gasteiger partial charge in [0.05, 0.1) is 29.3 Å². The minimum absolute atomic E-state index is 0.207. The molecule has 1 aliphatic carbocycles. The molecule has 0 unspecified atom stereocenters. The molecule has 2 N–H and O–H groups in total. The van der Waals surface area contributed by atoms with Crippen molar-refractivity contribution in [3.05, 3.63) is 71.7 Å². The molecule has 0 bridgehead atoms. The van der Waals surface area contributed by atoms with E-state index in [4.69, 9.17) is 0 Å². The predicted molar refractivity (Wildman–Crippen MR) is 95.4 cm³/mol. The Morgan fingerprint density at radius 1 is 1.15 bits per heavy atom. The van der Waals surface area contributed by atoms with E-state index in [0.717, 1.165) is 34.3 Å². The normalized spacial score (nSPS) is 18.9. The number of hydrogen-bond donors (Lipinski definition) is 2. The first-order valence-electron chi connectivity index (χ1n) is 8.70. The molecule has 1 aliphatic rings. The fourth-order valence-corrected chi connectivity index (χ4v) is 3.35. The molecule has 5 rings (SSSR count). The van der Waals surface area contributed by atoms with Crippen molar-refractivity contribution >= 4 is 10.9 Å². The third-order valence-corrected chi connectivity index (χ3v) is 4.94. The predicted octanol–water partition coefficient (Wildman–Crippen LogP) is 3.07. The van der Waals surface area contributed by atoms with E-state index in [9.17, 15) is 8.78 Å². The number of benzene rings is 2. The first kappa shape index (κ1) is 16.1. The average Bonchev–Trinajstić information content (AvgIpc) is 3.07. The summed E-state index contributed by atoms with van der Waals surface area (Å²) in [6, 6.07) is 10.2. The molecule has 136 valence electrons. The third-order valence-electron chi connectivity index (χ3n) is 4.94. The molecule has 6 nitrogen and oxygen atoms in total. The summed E-state index contributed by atoms with van der Waals surface area (Å²) in [7, 11) is 0. The van der Waals surface area contributed by atoms with E-state index >= 15 is 0 Å². The first-order valence-corrected chi connectivity index (χ1v) is 8.70. The molecule has 0 radical (unpaired) electrons. The minimum Gasteiger partial charge on any atom is -0.308 e. The molecule has 2 heterocycles. The quantitative estimate of drug-likeness (QED) is 0.569. The number of nitrogens with one attached hydrogen (secondary N) is 2. The van der Waals surface area contributed by atoms with Crippen molar-refractivity contribution in [1.82, 2.24) is 30.5 Å². The zero-order chi connectivity index (χ0) is 18.4. The van der Waals surface area contributed by atoms with E-state index in [2.05, 4.69) is 25.8 Å². The van der Waals surface area contributed by atoms with Crippen LogP contribution in [0.5, 0.6) is 0 Å². The number of hydrogen-bond acceptors (Lipinski definition) is 4. The first-order chi connectivity index (χ1) is 13.2. The molecule has 0 aliphatic heterocycles. The van der Waals surface area contributed by atoms with E-state index in [1.807, 2.05) is 24.4 Å². The number of rotatable bonds is 5. The lowest BCUT2D eigenvalue weighted by Gasteiger charge is -2.03. The second-order valence-electron chi connectivity index (χ2n) is 6.80. The molecule has 2 atom stereocenters. The van der Waals surface area contributed by atoms with E-state index < -0.39 is 11.6 Å². The van der Waals surface area contributed by atoms with E-state index in [-0.39, 0.29) is 12.0 Å². The van der Waals surface area contributed by atoms with Crippen molar-refractivity contribution in [2.45, 2.75) is 24.9 Å². The van der Waals surface area contributed by atoms with E-state index in [1.165, 1.54) is 12.1 Å². The topological polar surface area (TPSA) is 71.4 Å². The molecule has 0 saturated heterocycles. The van der Waals surface area contributed by atoms with Crippen molar-refractivity contribution < 1.29 is 8.78 Å². The number of halogens is 2. The van der Waals surface area contributed by atoms with Gasteiger partial charge in [-0.15, -0.1) is 5.10 Å². The van der Waals surface area contributed by atoms with Gasteiger partial charge in [0.15, 0.2) is 11.6 Å². The molecule has 2 aromatic heterocycles. The molecule has 1 saturated carbocycles. The highest BCUT2D eigenvalue weighted by Gasteiger charge is 2.38. The van der Waals surface area contributed by atoms with Gasteiger partial charge in [0.25, 0.3) is 0 Å². The summed E-state index contributed by atoms with van der Waals surface area (Å²) in [6.07, 6.45) is 4.54. The van der Waals surface area contributed by atoms with Gasteiger partial charge < -0.3 is 5.32 Å². The van der Waals surface area contributed by atoms with Crippen LogP contribution in [0.15, 0.2) is 48.8 Å². The monoisotopic (exact) mass is 366 g/mol. The fourth-order valence-electron chi connectivity index (χ4n) is 3.35. The van der Waals surface area contributed by atoms with Crippen LogP contribution in [-0.4, -0.2) is 31.2 Å². The van der Waals surface area contributed by atoms with Crippen LogP contribution in [0.1, 0.15) is 23.6 Å². The van der Waals surface area contributed by atoms with Crippen molar-refractivity contribution in [1.29, 1.82) is 0 Å². The Morgan fingerprint density at radius 3 is 2.96 bits per heavy atom. The number of H-pyrrole nitrogens is 1. The van der Waals surface area contributed by atoms with Crippen LogP contribution in [0.4, 0.5) is 8.78 Å². The zero-order valence-electron chi connectivity index (χ0n) is 14.2. The van der Waals surface area contributed by atoms with Gasteiger partial charge in [-0.25, -0.2) is 13.5 Å². The van der Waals surface area contributed by atoms with Crippen molar-refractivity contribution in [3.8, 4) is 5.69 Å². The van der Waals surface area contributed by atoms with Crippen molar-refractivity contribution in [2.75, 3.05) is 0 Å². The van der Waals surface area contributed by atoms with Crippen LogP contribution in [0.2, 0.25) is 0 Å². The second-order valence-corrected chi connectivity index (χ2v) is 6.80. The van der Waals surface area contributed by atoms with Crippen LogP contribution in [0.25, 0.3) is 16.6 Å². The number of nitrogens with zero attached hydrogens (tertiary/aromatic N) is 4. The fraction of sp³-hybridized carbons (Fsp3) is 0.211. The Kier molecular flexibility index (Phi) is 3.71. The summed E-state index contributed by atoms with van der Waals surface area (Å²) in [5, 5.41) is 19.7. The highest BCUT2D eigenvalue weighted by atomic mass is 19.2. The van der Waals surface area contributed by atoms with Gasteiger partial charge in [-0.05, 0) is 42.3 Å². The lowest BCUT2D eigenvalue weighted by Crippen LogP contribution is -2.17. The molecule has 8 heteroatoms. The van der Waals surface area contributed by atoms with Gasteiger partial charge in [-0.3, -0.25) is 5.10 Å². The van der Waals surface area contributed by atoms with Crippen LogP contribution in [-0.2, 0) is 6.54 Å². The van der Waals surface area contributed by atoms with Gasteiger partial charge in [0.2, 0.25) is 0 Å². The van der Waals surface area contributed by atoms with E-state index in [0.29, 0.717) is 6.54 Å². The van der Waals surface area contributed by atoms with E-state index in [1.54, 1.807) is 16.9 Å². The molecular weight excluding hydrogens is 350 g/mol. The van der Waals surface area contributed by atoms with Gasteiger partial charge in [-0.2, -0.15) is 5.10 Å². The summed E-state index contributed by atoms with van der Waals surface area (Å²) < 4.78 is 28.1. The van der Waals surface area contributed by atoms with Crippen LogP contribution < -0.4 is 5.32 Å². The summed E-state index contributed by atoms with van der Waals surface area (Å²) in [5.41, 5.74) is 3.52. The summed E-state index contributed by atoms with van der Waals surface area (Å²) in [5.74, 6) is -1.40. The average molecular weight is 366 g/mol. The van der Waals surface area contributed by atoms with Gasteiger partial charge in [0, 0.05) is 23.9 Å². The van der Waals surface area contributed by atoms with Crippen LogP contribution >= 0.6 is 0 Å².